The Balaban J connectivity index is 2.01. The van der Waals surface area contributed by atoms with E-state index >= 15 is 0 Å². The average molecular weight is 265 g/mol. The zero-order chi connectivity index (χ0) is 14.0. The topological polar surface area (TPSA) is 107 Å². The molecule has 8 nitrogen and oxygen atoms in total. The second-order valence-electron chi connectivity index (χ2n) is 4.53. The van der Waals surface area contributed by atoms with Crippen LogP contribution < -0.4 is 10.6 Å². The fraction of sp³-hybridized carbons (Fsp3) is 0.455. The molecule has 1 atom stereocenters. The summed E-state index contributed by atoms with van der Waals surface area (Å²) in [6.45, 7) is 3.12. The molecular weight excluding hydrogens is 250 g/mol. The predicted octanol–water partition coefficient (Wildman–Crippen LogP) is 0.0687. The van der Waals surface area contributed by atoms with Crippen LogP contribution in [0.4, 0.5) is 10.6 Å². The van der Waals surface area contributed by atoms with Crippen molar-refractivity contribution in [2.45, 2.75) is 25.8 Å². The zero-order valence-electron chi connectivity index (χ0n) is 10.7. The molecule has 0 aromatic carbocycles. The van der Waals surface area contributed by atoms with Crippen LogP contribution in [0.2, 0.25) is 0 Å². The van der Waals surface area contributed by atoms with Gasteiger partial charge in [-0.1, -0.05) is 6.92 Å². The van der Waals surface area contributed by atoms with Gasteiger partial charge in [-0.2, -0.15) is 5.10 Å². The number of H-pyrrole nitrogens is 1. The minimum atomic E-state index is -0.925. The van der Waals surface area contributed by atoms with Crippen LogP contribution in [0.25, 0.3) is 0 Å². The molecule has 2 rings (SSSR count). The molecule has 0 aliphatic carbocycles. The molecule has 1 aromatic heterocycles. The molecule has 0 saturated carbocycles. The van der Waals surface area contributed by atoms with Crippen LogP contribution in [-0.2, 0) is 9.59 Å². The Labute approximate surface area is 109 Å². The highest BCUT2D eigenvalue weighted by molar-refractivity contribution is 6.09. The summed E-state index contributed by atoms with van der Waals surface area (Å²) in [5.74, 6) is -0.442. The van der Waals surface area contributed by atoms with Crippen LogP contribution in [0.15, 0.2) is 12.3 Å². The number of hydrogen-bond acceptors (Lipinski definition) is 4. The van der Waals surface area contributed by atoms with Crippen molar-refractivity contribution in [3.05, 3.63) is 12.3 Å². The molecule has 2 heterocycles. The molecule has 1 aliphatic rings. The normalized spacial score (nSPS) is 22.5. The summed E-state index contributed by atoms with van der Waals surface area (Å²) in [5.41, 5.74) is -0.925. The lowest BCUT2D eigenvalue weighted by Gasteiger charge is -2.18. The molecule has 102 valence electrons. The molecule has 4 amide bonds. The first-order valence-electron chi connectivity index (χ1n) is 5.89. The van der Waals surface area contributed by atoms with Crippen LogP contribution in [0, 0.1) is 0 Å². The lowest BCUT2D eigenvalue weighted by Crippen LogP contribution is -2.44. The number of hydrogen-bond donors (Lipinski definition) is 3. The van der Waals surface area contributed by atoms with Gasteiger partial charge in [0.1, 0.15) is 17.9 Å². The van der Waals surface area contributed by atoms with Crippen LogP contribution in [-0.4, -0.2) is 45.0 Å². The van der Waals surface area contributed by atoms with Gasteiger partial charge in [0.15, 0.2) is 0 Å². The van der Waals surface area contributed by atoms with E-state index in [0.29, 0.717) is 12.2 Å². The van der Waals surface area contributed by atoms with Crippen LogP contribution >= 0.6 is 0 Å². The molecule has 0 radical (unpaired) electrons. The summed E-state index contributed by atoms with van der Waals surface area (Å²) in [5, 5.41) is 11.3. The van der Waals surface area contributed by atoms with Gasteiger partial charge in [-0.25, -0.2) is 4.79 Å². The molecule has 19 heavy (non-hydrogen) atoms. The highest BCUT2D eigenvalue weighted by Crippen LogP contribution is 2.20. The fourth-order valence-electron chi connectivity index (χ4n) is 1.79. The van der Waals surface area contributed by atoms with E-state index in [4.69, 9.17) is 0 Å². The third-order valence-electron chi connectivity index (χ3n) is 3.13. The second-order valence-corrected chi connectivity index (χ2v) is 4.53. The Hall–Kier alpha value is -2.38. The van der Waals surface area contributed by atoms with Crippen molar-refractivity contribution < 1.29 is 14.4 Å². The first-order valence-corrected chi connectivity index (χ1v) is 5.89. The van der Waals surface area contributed by atoms with Crippen molar-refractivity contribution in [2.75, 3.05) is 11.9 Å². The lowest BCUT2D eigenvalue weighted by molar-refractivity contribution is -0.133. The van der Waals surface area contributed by atoms with E-state index in [1.165, 1.54) is 6.20 Å². The zero-order valence-corrected chi connectivity index (χ0v) is 10.7. The maximum atomic E-state index is 12.0. The second kappa shape index (κ2) is 4.71. The van der Waals surface area contributed by atoms with Gasteiger partial charge in [0.05, 0.1) is 6.20 Å². The van der Waals surface area contributed by atoms with Gasteiger partial charge in [0.2, 0.25) is 5.91 Å². The van der Waals surface area contributed by atoms with E-state index in [9.17, 15) is 14.4 Å². The van der Waals surface area contributed by atoms with Gasteiger partial charge >= 0.3 is 6.03 Å². The predicted molar refractivity (Wildman–Crippen MR) is 66.2 cm³/mol. The van der Waals surface area contributed by atoms with E-state index in [1.807, 2.05) is 0 Å². The summed E-state index contributed by atoms with van der Waals surface area (Å²) in [6.07, 6.45) is 1.95. The van der Waals surface area contributed by atoms with E-state index in [1.54, 1.807) is 19.9 Å². The Morgan fingerprint density at radius 3 is 2.79 bits per heavy atom. The summed E-state index contributed by atoms with van der Waals surface area (Å²) in [4.78, 5) is 36.4. The van der Waals surface area contributed by atoms with Crippen LogP contribution in [0.3, 0.4) is 0 Å². The van der Waals surface area contributed by atoms with Gasteiger partial charge in [-0.15, -0.1) is 0 Å². The number of carbonyl (C=O) groups excluding carboxylic acids is 3. The molecular formula is C11H15N5O3. The number of carbonyl (C=O) groups is 3. The van der Waals surface area contributed by atoms with Crippen LogP contribution in [0.1, 0.15) is 20.3 Å². The molecule has 1 saturated heterocycles. The highest BCUT2D eigenvalue weighted by Gasteiger charge is 2.46. The number of aromatic nitrogens is 2. The lowest BCUT2D eigenvalue weighted by atomic mass is 9.99. The molecule has 3 N–H and O–H groups in total. The summed E-state index contributed by atoms with van der Waals surface area (Å²) >= 11 is 0. The van der Waals surface area contributed by atoms with Crippen molar-refractivity contribution in [3.63, 3.8) is 0 Å². The minimum absolute atomic E-state index is 0.320. The van der Waals surface area contributed by atoms with E-state index < -0.39 is 17.5 Å². The van der Waals surface area contributed by atoms with Gasteiger partial charge in [-0.3, -0.25) is 19.6 Å². The van der Waals surface area contributed by atoms with Crippen molar-refractivity contribution in [1.82, 2.24) is 20.4 Å². The first-order chi connectivity index (χ1) is 8.96. The summed E-state index contributed by atoms with van der Waals surface area (Å²) in [7, 11) is 0. The van der Waals surface area contributed by atoms with Crippen LogP contribution in [0.5, 0.6) is 0 Å². The molecule has 1 aliphatic heterocycles. The summed E-state index contributed by atoms with van der Waals surface area (Å²) in [6, 6.07) is 1.02. The fourth-order valence-corrected chi connectivity index (χ4v) is 1.79. The SMILES string of the molecule is CCC1(C)NC(=O)N(CC(=O)Nc2ccn[nH]2)C1=O. The van der Waals surface area contributed by atoms with E-state index in [2.05, 4.69) is 20.8 Å². The number of nitrogens with one attached hydrogen (secondary N) is 3. The highest BCUT2D eigenvalue weighted by atomic mass is 16.2. The van der Waals surface area contributed by atoms with Crippen molar-refractivity contribution >= 4 is 23.7 Å². The van der Waals surface area contributed by atoms with Crippen molar-refractivity contribution in [3.8, 4) is 0 Å². The van der Waals surface area contributed by atoms with E-state index in [-0.39, 0.29) is 12.5 Å². The molecule has 0 spiro atoms. The maximum absolute atomic E-state index is 12.0. The Morgan fingerprint density at radius 2 is 2.26 bits per heavy atom. The van der Waals surface area contributed by atoms with Gasteiger partial charge in [-0.05, 0) is 13.3 Å². The Morgan fingerprint density at radius 1 is 1.53 bits per heavy atom. The Kier molecular flexibility index (Phi) is 3.24. The largest absolute Gasteiger partial charge is 0.325 e. The number of rotatable bonds is 4. The molecule has 1 unspecified atom stereocenters. The third-order valence-corrected chi connectivity index (χ3v) is 3.13. The number of imide groups is 1. The van der Waals surface area contributed by atoms with E-state index in [0.717, 1.165) is 4.90 Å². The number of nitrogens with zero attached hydrogens (tertiary/aromatic N) is 2. The van der Waals surface area contributed by atoms with Crippen molar-refractivity contribution in [2.24, 2.45) is 0 Å². The summed E-state index contributed by atoms with van der Waals surface area (Å²) < 4.78 is 0. The molecule has 1 fully saturated rings. The number of amides is 4. The number of urea groups is 1. The Bertz CT molecular complexity index is 512. The maximum Gasteiger partial charge on any atom is 0.325 e. The van der Waals surface area contributed by atoms with Gasteiger partial charge < -0.3 is 10.6 Å². The number of anilines is 1. The molecule has 0 bridgehead atoms. The first kappa shape index (κ1) is 13.1. The smallest absolute Gasteiger partial charge is 0.323 e. The molecule has 8 heteroatoms. The molecule has 1 aromatic rings. The van der Waals surface area contributed by atoms with Crippen molar-refractivity contribution in [1.29, 1.82) is 0 Å². The van der Waals surface area contributed by atoms with Gasteiger partial charge in [0.25, 0.3) is 5.91 Å². The number of aromatic amines is 1. The quantitative estimate of drug-likeness (QED) is 0.669. The monoisotopic (exact) mass is 265 g/mol. The standard InChI is InChI=1S/C11H15N5O3/c1-3-11(2)9(18)16(10(19)14-11)6-8(17)13-7-4-5-12-15-7/h4-5H,3,6H2,1-2H3,(H,14,19)(H2,12,13,15,17). The average Bonchev–Trinajstić information content (AvgIpc) is 2.93. The third kappa shape index (κ3) is 2.42. The van der Waals surface area contributed by atoms with Gasteiger partial charge in [0, 0.05) is 6.07 Å². The minimum Gasteiger partial charge on any atom is -0.323 e.